The van der Waals surface area contributed by atoms with Crippen molar-refractivity contribution >= 4 is 23.5 Å². The van der Waals surface area contributed by atoms with Crippen LogP contribution < -0.4 is 10.9 Å². The molecule has 1 aliphatic heterocycles. The maximum atomic E-state index is 12.9. The van der Waals surface area contributed by atoms with E-state index in [0.717, 1.165) is 11.4 Å². The standard InChI is InChI=1S/C21H26F3N5O5/c1-12(2)11-28-18-14(4-5-15(30)27-6-8-34-9-7-27)10-25-29(18)20(33)16(19(28)32)17(31)26-13(3)21(22,23)24/h4-5,10,12-13,32H,6-9,11H2,1-3H3,(H,26,31)/b5-4+. The first-order chi connectivity index (χ1) is 15.9. The van der Waals surface area contributed by atoms with Gasteiger partial charge in [0.25, 0.3) is 11.5 Å². The third-order valence-corrected chi connectivity index (χ3v) is 5.25. The molecule has 2 aromatic heterocycles. The predicted octanol–water partition coefficient (Wildman–Crippen LogP) is 1.41. The Morgan fingerprint density at radius 3 is 2.50 bits per heavy atom. The lowest BCUT2D eigenvalue weighted by Gasteiger charge is -2.25. The van der Waals surface area contributed by atoms with Crippen LogP contribution >= 0.6 is 0 Å². The molecule has 3 rings (SSSR count). The lowest BCUT2D eigenvalue weighted by atomic mass is 10.2. The Morgan fingerprint density at radius 1 is 1.26 bits per heavy atom. The number of nitrogens with zero attached hydrogens (tertiary/aromatic N) is 4. The van der Waals surface area contributed by atoms with Crippen LogP contribution in [0.3, 0.4) is 0 Å². The number of ether oxygens (including phenoxy) is 1. The summed E-state index contributed by atoms with van der Waals surface area (Å²) in [6.07, 6.45) is -0.727. The minimum atomic E-state index is -4.73. The van der Waals surface area contributed by atoms with Gasteiger partial charge in [-0.3, -0.25) is 19.0 Å². The summed E-state index contributed by atoms with van der Waals surface area (Å²) >= 11 is 0. The molecular formula is C21H26F3N5O5. The van der Waals surface area contributed by atoms with E-state index in [4.69, 9.17) is 4.74 Å². The monoisotopic (exact) mass is 485 g/mol. The van der Waals surface area contributed by atoms with Crippen molar-refractivity contribution in [2.24, 2.45) is 5.92 Å². The molecule has 1 aliphatic rings. The van der Waals surface area contributed by atoms with E-state index >= 15 is 0 Å². The third kappa shape index (κ3) is 5.24. The molecule has 13 heteroatoms. The Kier molecular flexibility index (Phi) is 7.34. The highest BCUT2D eigenvalue weighted by molar-refractivity contribution is 5.97. The molecule has 186 valence electrons. The number of halogens is 3. The van der Waals surface area contributed by atoms with Gasteiger partial charge in [-0.15, -0.1) is 0 Å². The highest BCUT2D eigenvalue weighted by Crippen LogP contribution is 2.24. The summed E-state index contributed by atoms with van der Waals surface area (Å²) in [4.78, 5) is 39.5. The molecule has 3 heterocycles. The summed E-state index contributed by atoms with van der Waals surface area (Å²) in [7, 11) is 0. The van der Waals surface area contributed by atoms with E-state index in [1.54, 1.807) is 10.2 Å². The molecule has 1 fully saturated rings. The maximum absolute atomic E-state index is 12.9. The second kappa shape index (κ2) is 9.87. The zero-order valence-corrected chi connectivity index (χ0v) is 18.9. The molecule has 2 aromatic rings. The first-order valence-corrected chi connectivity index (χ1v) is 10.7. The number of alkyl halides is 3. The lowest BCUT2D eigenvalue weighted by Crippen LogP contribution is -2.45. The number of carbonyl (C=O) groups is 2. The highest BCUT2D eigenvalue weighted by Gasteiger charge is 2.38. The van der Waals surface area contributed by atoms with Gasteiger partial charge in [-0.05, 0) is 18.9 Å². The quantitative estimate of drug-likeness (QED) is 0.598. The number of rotatable bonds is 6. The molecule has 0 saturated carbocycles. The predicted molar refractivity (Wildman–Crippen MR) is 115 cm³/mol. The normalized spacial score (nSPS) is 15.9. The van der Waals surface area contributed by atoms with Crippen molar-refractivity contribution in [3.8, 4) is 5.88 Å². The summed E-state index contributed by atoms with van der Waals surface area (Å²) in [5, 5.41) is 16.4. The minimum Gasteiger partial charge on any atom is -0.494 e. The Labute approximate surface area is 192 Å². The molecule has 2 amide bonds. The molecule has 0 aliphatic carbocycles. The molecule has 0 radical (unpaired) electrons. The first kappa shape index (κ1) is 25.3. The van der Waals surface area contributed by atoms with E-state index in [-0.39, 0.29) is 24.0 Å². The lowest BCUT2D eigenvalue weighted by molar-refractivity contribution is -0.149. The molecule has 0 spiro atoms. The van der Waals surface area contributed by atoms with E-state index in [1.807, 2.05) is 13.8 Å². The molecule has 0 aromatic carbocycles. The maximum Gasteiger partial charge on any atom is 0.408 e. The van der Waals surface area contributed by atoms with Crippen molar-refractivity contribution in [1.29, 1.82) is 0 Å². The van der Waals surface area contributed by atoms with Crippen LogP contribution in [0.2, 0.25) is 0 Å². The molecule has 1 unspecified atom stereocenters. The second-order valence-electron chi connectivity index (χ2n) is 8.35. The molecule has 1 saturated heterocycles. The molecule has 10 nitrogen and oxygen atoms in total. The van der Waals surface area contributed by atoms with E-state index in [9.17, 15) is 32.7 Å². The fourth-order valence-electron chi connectivity index (χ4n) is 3.47. The Hall–Kier alpha value is -3.35. The zero-order chi connectivity index (χ0) is 25.2. The van der Waals surface area contributed by atoms with Crippen molar-refractivity contribution in [2.75, 3.05) is 26.3 Å². The van der Waals surface area contributed by atoms with Gasteiger partial charge in [0.2, 0.25) is 11.8 Å². The van der Waals surface area contributed by atoms with Crippen molar-refractivity contribution in [1.82, 2.24) is 24.4 Å². The van der Waals surface area contributed by atoms with Crippen LogP contribution in [-0.4, -0.2) is 74.5 Å². The van der Waals surface area contributed by atoms with Crippen LogP contribution in [0.15, 0.2) is 17.1 Å². The van der Waals surface area contributed by atoms with Gasteiger partial charge >= 0.3 is 6.18 Å². The summed E-state index contributed by atoms with van der Waals surface area (Å²) in [5.74, 6) is -2.51. The number of amides is 2. The minimum absolute atomic E-state index is 0.0797. The number of nitrogens with one attached hydrogen (secondary N) is 1. The molecule has 0 bridgehead atoms. The Balaban J connectivity index is 2.06. The van der Waals surface area contributed by atoms with Crippen LogP contribution in [0, 0.1) is 5.92 Å². The Morgan fingerprint density at radius 2 is 1.91 bits per heavy atom. The number of hydrogen-bond acceptors (Lipinski definition) is 6. The zero-order valence-electron chi connectivity index (χ0n) is 18.9. The summed E-state index contributed by atoms with van der Waals surface area (Å²) in [6, 6.07) is -2.24. The third-order valence-electron chi connectivity index (χ3n) is 5.25. The van der Waals surface area contributed by atoms with Gasteiger partial charge in [0, 0.05) is 31.3 Å². The van der Waals surface area contributed by atoms with Gasteiger partial charge in [0.05, 0.1) is 19.4 Å². The second-order valence-corrected chi connectivity index (χ2v) is 8.35. The van der Waals surface area contributed by atoms with Crippen molar-refractivity contribution in [3.05, 3.63) is 33.8 Å². The Bertz CT molecular complexity index is 1160. The molecule has 1 atom stereocenters. The number of hydrogen-bond donors (Lipinski definition) is 2. The first-order valence-electron chi connectivity index (χ1n) is 10.7. The van der Waals surface area contributed by atoms with Gasteiger partial charge < -0.3 is 20.1 Å². The number of aromatic nitrogens is 3. The fraction of sp³-hybridized carbons (Fsp3) is 0.524. The SMILES string of the molecule is CC(C)Cn1c(O)c(C(=O)NC(C)C(F)(F)F)c(=O)n2ncc(/C=C/C(=O)N3CCOCC3)c12. The van der Waals surface area contributed by atoms with Crippen LogP contribution in [-0.2, 0) is 16.1 Å². The number of aromatic hydroxyl groups is 1. The van der Waals surface area contributed by atoms with Crippen LogP contribution in [0.1, 0.15) is 36.7 Å². The van der Waals surface area contributed by atoms with Gasteiger partial charge in [-0.2, -0.15) is 22.8 Å². The van der Waals surface area contributed by atoms with Crippen molar-refractivity contribution in [3.63, 3.8) is 0 Å². The van der Waals surface area contributed by atoms with Gasteiger partial charge in [0.1, 0.15) is 11.7 Å². The van der Waals surface area contributed by atoms with Crippen molar-refractivity contribution < 1.29 is 32.6 Å². The summed E-state index contributed by atoms with van der Waals surface area (Å²) in [6.45, 7) is 6.20. The number of morpholine rings is 1. The summed E-state index contributed by atoms with van der Waals surface area (Å²) in [5.41, 5.74) is -1.53. The smallest absolute Gasteiger partial charge is 0.408 e. The topological polar surface area (TPSA) is 118 Å². The largest absolute Gasteiger partial charge is 0.494 e. The van der Waals surface area contributed by atoms with E-state index < -0.39 is 35.1 Å². The average Bonchev–Trinajstić information content (AvgIpc) is 3.19. The fourth-order valence-corrected chi connectivity index (χ4v) is 3.47. The van der Waals surface area contributed by atoms with Gasteiger partial charge in [-0.1, -0.05) is 13.8 Å². The van der Waals surface area contributed by atoms with Crippen LogP contribution in [0.25, 0.3) is 11.7 Å². The molecule has 34 heavy (non-hydrogen) atoms. The average molecular weight is 485 g/mol. The van der Waals surface area contributed by atoms with Crippen molar-refractivity contribution in [2.45, 2.75) is 39.5 Å². The number of fused-ring (bicyclic) bond motifs is 1. The van der Waals surface area contributed by atoms with E-state index in [2.05, 4.69) is 5.10 Å². The summed E-state index contributed by atoms with van der Waals surface area (Å²) < 4.78 is 46.0. The number of carbonyl (C=O) groups excluding carboxylic acids is 2. The van der Waals surface area contributed by atoms with E-state index in [1.165, 1.54) is 22.9 Å². The van der Waals surface area contributed by atoms with E-state index in [0.29, 0.717) is 31.9 Å². The van der Waals surface area contributed by atoms with Crippen LogP contribution in [0.4, 0.5) is 13.2 Å². The van der Waals surface area contributed by atoms with Gasteiger partial charge in [0.15, 0.2) is 5.56 Å². The van der Waals surface area contributed by atoms with Gasteiger partial charge in [-0.25, -0.2) is 0 Å². The van der Waals surface area contributed by atoms with Crippen LogP contribution in [0.5, 0.6) is 5.88 Å². The molecular weight excluding hydrogens is 459 g/mol. The molecule has 2 N–H and O–H groups in total. The highest BCUT2D eigenvalue weighted by atomic mass is 19.4.